The zero-order valence-electron chi connectivity index (χ0n) is 30.4. The van der Waals surface area contributed by atoms with Crippen molar-refractivity contribution in [3.8, 4) is 23.0 Å². The van der Waals surface area contributed by atoms with Crippen LogP contribution >= 0.6 is 0 Å². The fourth-order valence-electron chi connectivity index (χ4n) is 4.63. The second-order valence-electron chi connectivity index (χ2n) is 11.9. The maximum atomic E-state index is 12.1. The van der Waals surface area contributed by atoms with Crippen molar-refractivity contribution in [3.05, 3.63) is 119 Å². The fraction of sp³-hybridized carbons (Fsp3) is 0.405. The van der Waals surface area contributed by atoms with Crippen molar-refractivity contribution in [3.63, 3.8) is 0 Å². The Hall–Kier alpha value is -4.29. The zero-order valence-corrected chi connectivity index (χ0v) is 30.4. The third-order valence-electron chi connectivity index (χ3n) is 8.42. The van der Waals surface area contributed by atoms with E-state index in [9.17, 15) is 4.79 Å². The van der Waals surface area contributed by atoms with E-state index in [4.69, 9.17) is 24.1 Å². The van der Waals surface area contributed by atoms with Crippen LogP contribution in [-0.2, 0) is 4.74 Å². The van der Waals surface area contributed by atoms with Crippen molar-refractivity contribution in [2.45, 2.75) is 98.7 Å². The summed E-state index contributed by atoms with van der Waals surface area (Å²) in [6.07, 6.45) is 3.21. The first-order valence-electron chi connectivity index (χ1n) is 17.2. The summed E-state index contributed by atoms with van der Waals surface area (Å²) in [5.41, 5.74) is 4.38. The van der Waals surface area contributed by atoms with Gasteiger partial charge in [0.2, 0.25) is 0 Å². The highest BCUT2D eigenvalue weighted by molar-refractivity contribution is 5.91. The summed E-state index contributed by atoms with van der Waals surface area (Å²) >= 11 is 0. The van der Waals surface area contributed by atoms with Gasteiger partial charge in [0.05, 0.1) is 12.7 Å². The predicted octanol–water partition coefficient (Wildman–Crippen LogP) is 11.3. The average Bonchev–Trinajstić information content (AvgIpc) is 3.12. The summed E-state index contributed by atoms with van der Waals surface area (Å²) in [6, 6.07) is 30.3. The quantitative estimate of drug-likeness (QED) is 0.0877. The van der Waals surface area contributed by atoms with Crippen molar-refractivity contribution in [1.29, 1.82) is 0 Å². The summed E-state index contributed by atoms with van der Waals surface area (Å²) in [6.45, 7) is 17.7. The number of benzene rings is 4. The number of rotatable bonds is 13. The van der Waals surface area contributed by atoms with E-state index in [2.05, 4.69) is 53.7 Å². The third kappa shape index (κ3) is 13.8. The van der Waals surface area contributed by atoms with Crippen LogP contribution in [-0.4, -0.2) is 31.1 Å². The highest BCUT2D eigenvalue weighted by atomic mass is 16.7. The molecule has 0 bridgehead atoms. The summed E-state index contributed by atoms with van der Waals surface area (Å²) in [5, 5.41) is 9.01. The summed E-state index contributed by atoms with van der Waals surface area (Å²) in [5.74, 6) is 3.73. The van der Waals surface area contributed by atoms with Crippen LogP contribution in [0.2, 0.25) is 0 Å². The number of hydrogen-bond acceptors (Lipinski definition) is 6. The van der Waals surface area contributed by atoms with Gasteiger partial charge in [0.1, 0.15) is 23.0 Å². The minimum absolute atomic E-state index is 0.181. The second-order valence-corrected chi connectivity index (χ2v) is 11.9. The molecule has 0 aliphatic rings. The normalized spacial score (nSPS) is 12.9. The van der Waals surface area contributed by atoms with Gasteiger partial charge in [-0.15, -0.1) is 0 Å². The van der Waals surface area contributed by atoms with Crippen LogP contribution < -0.4 is 14.2 Å². The van der Waals surface area contributed by atoms with E-state index in [0.717, 1.165) is 25.0 Å². The van der Waals surface area contributed by atoms with Gasteiger partial charge in [0, 0.05) is 6.61 Å². The van der Waals surface area contributed by atoms with Crippen LogP contribution in [0.3, 0.4) is 0 Å². The maximum absolute atomic E-state index is 12.1. The minimum atomic E-state index is -0.384. The number of carbonyl (C=O) groups is 1. The molecule has 4 rings (SSSR count). The van der Waals surface area contributed by atoms with E-state index in [0.29, 0.717) is 47.2 Å². The standard InChI is InChI=1S/C18H20O3.C14H22O2.C10H14O/c1-4-13(2)14-8-10-16(11-9-14)21-18(19)15-6-5-7-17(12-15)20-3;1-5-11(3)13-7-9-14(10-8-13)16-12(4)15-6-2;1-3-8(2)9-4-6-10(11)7-5-9/h5-13H,4H2,1-3H3;7-12H,5-6H2,1-4H3;4-8,11H,3H2,1-2H3. The molecule has 0 heterocycles. The van der Waals surface area contributed by atoms with Crippen molar-refractivity contribution in [2.24, 2.45) is 0 Å². The summed E-state index contributed by atoms with van der Waals surface area (Å²) < 4.78 is 21.4. The van der Waals surface area contributed by atoms with E-state index in [1.165, 1.54) is 16.7 Å². The molecule has 4 aromatic carbocycles. The van der Waals surface area contributed by atoms with Gasteiger partial charge in [0.15, 0.2) is 6.29 Å². The lowest BCUT2D eigenvalue weighted by Gasteiger charge is -2.15. The lowest BCUT2D eigenvalue weighted by Crippen LogP contribution is -2.15. The van der Waals surface area contributed by atoms with Crippen molar-refractivity contribution in [1.82, 2.24) is 0 Å². The topological polar surface area (TPSA) is 74.2 Å². The predicted molar refractivity (Wildman–Crippen MR) is 197 cm³/mol. The molecule has 48 heavy (non-hydrogen) atoms. The molecule has 0 aliphatic heterocycles. The smallest absolute Gasteiger partial charge is 0.343 e. The average molecular weight is 657 g/mol. The fourth-order valence-corrected chi connectivity index (χ4v) is 4.63. The monoisotopic (exact) mass is 656 g/mol. The first kappa shape index (κ1) is 39.9. The molecular formula is C42H56O6. The number of phenols is 1. The molecule has 4 unspecified atom stereocenters. The lowest BCUT2D eigenvalue weighted by molar-refractivity contribution is -0.0613. The molecule has 260 valence electrons. The SMILES string of the molecule is CCC(C)c1ccc(O)cc1.CCC(C)c1ccc(OC(=O)c2cccc(OC)c2)cc1.CCOC(C)Oc1ccc(C(C)CC)cc1. The molecule has 0 amide bonds. The van der Waals surface area contributed by atoms with Gasteiger partial charge in [-0.2, -0.15) is 0 Å². The number of phenolic OH excluding ortho intramolecular Hbond substituents is 1. The van der Waals surface area contributed by atoms with Crippen LogP contribution in [0.25, 0.3) is 0 Å². The van der Waals surface area contributed by atoms with E-state index in [1.807, 2.05) is 62.4 Å². The van der Waals surface area contributed by atoms with Crippen LogP contribution in [0.5, 0.6) is 23.0 Å². The van der Waals surface area contributed by atoms with Crippen molar-refractivity contribution >= 4 is 5.97 Å². The number of esters is 1. The Balaban J connectivity index is 0.000000263. The van der Waals surface area contributed by atoms with Gasteiger partial charge in [-0.05, 0) is 122 Å². The minimum Gasteiger partial charge on any atom is -0.508 e. The lowest BCUT2D eigenvalue weighted by atomic mass is 9.99. The Labute approximate surface area is 289 Å². The van der Waals surface area contributed by atoms with Crippen LogP contribution in [0.1, 0.15) is 119 Å². The molecule has 0 radical (unpaired) electrons. The number of aromatic hydroxyl groups is 1. The summed E-state index contributed by atoms with van der Waals surface area (Å²) in [7, 11) is 1.57. The first-order valence-corrected chi connectivity index (χ1v) is 17.2. The van der Waals surface area contributed by atoms with Crippen LogP contribution in [0.4, 0.5) is 0 Å². The highest BCUT2D eigenvalue weighted by Gasteiger charge is 2.11. The van der Waals surface area contributed by atoms with E-state index in [1.54, 1.807) is 43.5 Å². The number of hydrogen-bond donors (Lipinski definition) is 1. The molecule has 0 spiro atoms. The van der Waals surface area contributed by atoms with Crippen molar-refractivity contribution < 1.29 is 28.8 Å². The van der Waals surface area contributed by atoms with Gasteiger partial charge < -0.3 is 24.1 Å². The number of carbonyl (C=O) groups excluding carboxylic acids is 1. The highest BCUT2D eigenvalue weighted by Crippen LogP contribution is 2.24. The molecule has 4 aromatic rings. The van der Waals surface area contributed by atoms with Gasteiger partial charge in [0.25, 0.3) is 0 Å². The molecular weight excluding hydrogens is 600 g/mol. The largest absolute Gasteiger partial charge is 0.508 e. The third-order valence-corrected chi connectivity index (χ3v) is 8.42. The summed E-state index contributed by atoms with van der Waals surface area (Å²) in [4.78, 5) is 12.1. The van der Waals surface area contributed by atoms with E-state index in [-0.39, 0.29) is 12.3 Å². The first-order chi connectivity index (χ1) is 23.0. The molecule has 0 aromatic heterocycles. The number of ether oxygens (including phenoxy) is 4. The Kier molecular flexibility index (Phi) is 17.9. The molecule has 6 heteroatoms. The Bertz CT molecular complexity index is 1450. The molecule has 0 saturated heterocycles. The van der Waals surface area contributed by atoms with Gasteiger partial charge >= 0.3 is 5.97 Å². The Morgan fingerprint density at radius 1 is 0.625 bits per heavy atom. The van der Waals surface area contributed by atoms with Crippen molar-refractivity contribution in [2.75, 3.05) is 13.7 Å². The Morgan fingerprint density at radius 3 is 1.52 bits per heavy atom. The zero-order chi connectivity index (χ0) is 35.5. The van der Waals surface area contributed by atoms with Gasteiger partial charge in [-0.1, -0.05) is 84.0 Å². The van der Waals surface area contributed by atoms with E-state index < -0.39 is 0 Å². The molecule has 6 nitrogen and oxygen atoms in total. The second kappa shape index (κ2) is 21.6. The molecule has 0 saturated carbocycles. The van der Waals surface area contributed by atoms with E-state index >= 15 is 0 Å². The van der Waals surface area contributed by atoms with Crippen LogP contribution in [0, 0.1) is 0 Å². The van der Waals surface area contributed by atoms with Crippen LogP contribution in [0.15, 0.2) is 97.1 Å². The van der Waals surface area contributed by atoms with Gasteiger partial charge in [-0.25, -0.2) is 4.79 Å². The molecule has 0 aliphatic carbocycles. The van der Waals surface area contributed by atoms with Gasteiger partial charge in [-0.3, -0.25) is 0 Å². The molecule has 1 N–H and O–H groups in total. The molecule has 0 fully saturated rings. The Morgan fingerprint density at radius 2 is 1.08 bits per heavy atom. The maximum Gasteiger partial charge on any atom is 0.343 e. The molecule has 4 atom stereocenters. The number of methoxy groups -OCH3 is 1.